The molecule has 0 radical (unpaired) electrons. The lowest BCUT2D eigenvalue weighted by Gasteiger charge is -2.37. The van der Waals surface area contributed by atoms with Crippen LogP contribution >= 0.6 is 11.8 Å². The second kappa shape index (κ2) is 14.0. The SMILES string of the molecule is CCCCC1(CCCC)CN(c2ccc([N+](=O)[O-])cc2)c2cc(SC)c(O/C=C/C(=O)OCC)cc2S(=O)(=O)C1. The summed E-state index contributed by atoms with van der Waals surface area (Å²) in [5, 5.41) is 11.3. The molecule has 2 aromatic rings. The average Bonchev–Trinajstić information content (AvgIpc) is 3.02. The molecule has 0 fully saturated rings. The number of carbonyl (C=O) groups excluding carboxylic acids is 1. The van der Waals surface area contributed by atoms with Crippen molar-refractivity contribution in [3.05, 3.63) is 58.9 Å². The van der Waals surface area contributed by atoms with Crippen molar-refractivity contribution in [2.75, 3.05) is 30.1 Å². The fourth-order valence-electron chi connectivity index (χ4n) is 5.06. The van der Waals surface area contributed by atoms with Gasteiger partial charge in [-0.05, 0) is 44.2 Å². The van der Waals surface area contributed by atoms with E-state index in [1.54, 1.807) is 25.1 Å². The number of hydrogen-bond acceptors (Lipinski definition) is 9. The Morgan fingerprint density at radius 2 is 1.77 bits per heavy atom. The average molecular weight is 591 g/mol. The Bertz CT molecular complexity index is 1320. The minimum Gasteiger partial charge on any atom is -0.464 e. The summed E-state index contributed by atoms with van der Waals surface area (Å²) in [7, 11) is -3.76. The normalized spacial score (nSPS) is 15.8. The third kappa shape index (κ3) is 7.57. The molecule has 0 atom stereocenters. The van der Waals surface area contributed by atoms with Crippen LogP contribution < -0.4 is 9.64 Å². The molecule has 0 aromatic heterocycles. The third-order valence-electron chi connectivity index (χ3n) is 7.04. The number of nitrogens with zero attached hydrogens (tertiary/aromatic N) is 2. The molecule has 218 valence electrons. The zero-order valence-electron chi connectivity index (χ0n) is 23.6. The number of hydrogen-bond donors (Lipinski definition) is 0. The number of sulfone groups is 1. The summed E-state index contributed by atoms with van der Waals surface area (Å²) in [5.74, 6) is -0.252. The van der Waals surface area contributed by atoms with Crippen LogP contribution in [0.5, 0.6) is 5.75 Å². The van der Waals surface area contributed by atoms with Gasteiger partial charge in [0.05, 0.1) is 45.1 Å². The molecule has 3 rings (SSSR count). The van der Waals surface area contributed by atoms with Crippen LogP contribution in [0.2, 0.25) is 0 Å². The summed E-state index contributed by atoms with van der Waals surface area (Å²) in [4.78, 5) is 25.4. The third-order valence-corrected chi connectivity index (χ3v) is 9.79. The second-order valence-corrected chi connectivity index (χ2v) is 12.8. The predicted octanol–water partition coefficient (Wildman–Crippen LogP) is 7.06. The van der Waals surface area contributed by atoms with Crippen LogP contribution in [-0.4, -0.2) is 44.5 Å². The van der Waals surface area contributed by atoms with Crippen molar-refractivity contribution in [2.24, 2.45) is 5.41 Å². The maximum Gasteiger partial charge on any atom is 0.333 e. The second-order valence-electron chi connectivity index (χ2n) is 9.97. The number of esters is 1. The molecule has 0 spiro atoms. The highest BCUT2D eigenvalue weighted by Crippen LogP contribution is 2.48. The van der Waals surface area contributed by atoms with E-state index in [2.05, 4.69) is 13.8 Å². The highest BCUT2D eigenvalue weighted by Gasteiger charge is 2.42. The molecule has 0 saturated heterocycles. The first-order valence-corrected chi connectivity index (χ1v) is 16.4. The van der Waals surface area contributed by atoms with E-state index in [1.807, 2.05) is 11.2 Å². The number of nitro groups is 1. The molecule has 0 unspecified atom stereocenters. The fourth-order valence-corrected chi connectivity index (χ4v) is 7.71. The summed E-state index contributed by atoms with van der Waals surface area (Å²) in [6.07, 6.45) is 9.39. The Hall–Kier alpha value is -3.05. The zero-order valence-corrected chi connectivity index (χ0v) is 25.2. The lowest BCUT2D eigenvalue weighted by molar-refractivity contribution is -0.384. The van der Waals surface area contributed by atoms with Gasteiger partial charge in [0, 0.05) is 35.8 Å². The van der Waals surface area contributed by atoms with E-state index in [1.165, 1.54) is 36.2 Å². The van der Waals surface area contributed by atoms with E-state index in [4.69, 9.17) is 9.47 Å². The van der Waals surface area contributed by atoms with Gasteiger partial charge in [0.2, 0.25) is 0 Å². The number of non-ortho nitro benzene ring substituents is 1. The van der Waals surface area contributed by atoms with Gasteiger partial charge in [-0.2, -0.15) is 0 Å². The van der Waals surface area contributed by atoms with E-state index in [9.17, 15) is 23.3 Å². The number of benzene rings is 2. The summed E-state index contributed by atoms with van der Waals surface area (Å²) in [6.45, 7) is 6.59. The smallest absolute Gasteiger partial charge is 0.333 e. The first kappa shape index (κ1) is 31.5. The molecule has 0 N–H and O–H groups in total. The van der Waals surface area contributed by atoms with Gasteiger partial charge in [0.1, 0.15) is 5.75 Å². The van der Waals surface area contributed by atoms with Crippen LogP contribution in [0.3, 0.4) is 0 Å². The largest absolute Gasteiger partial charge is 0.464 e. The molecular weight excluding hydrogens is 552 g/mol. The van der Waals surface area contributed by atoms with Crippen molar-refractivity contribution in [3.8, 4) is 5.75 Å². The van der Waals surface area contributed by atoms with Crippen LogP contribution in [0, 0.1) is 15.5 Å². The van der Waals surface area contributed by atoms with Gasteiger partial charge in [0.25, 0.3) is 5.69 Å². The lowest BCUT2D eigenvalue weighted by atomic mass is 9.79. The number of anilines is 2. The number of carbonyl (C=O) groups is 1. The van der Waals surface area contributed by atoms with Crippen molar-refractivity contribution in [3.63, 3.8) is 0 Å². The molecule has 1 aliphatic rings. The van der Waals surface area contributed by atoms with Gasteiger partial charge in [-0.1, -0.05) is 39.5 Å². The summed E-state index contributed by atoms with van der Waals surface area (Å²) >= 11 is 1.39. The van der Waals surface area contributed by atoms with E-state index in [0.29, 0.717) is 28.6 Å². The van der Waals surface area contributed by atoms with Crippen molar-refractivity contribution < 1.29 is 27.6 Å². The number of rotatable bonds is 13. The maximum absolute atomic E-state index is 14.1. The first-order valence-electron chi connectivity index (χ1n) is 13.6. The molecule has 0 saturated carbocycles. The quantitative estimate of drug-likeness (QED) is 0.0603. The Balaban J connectivity index is 2.21. The molecule has 0 bridgehead atoms. The van der Waals surface area contributed by atoms with Gasteiger partial charge in [-0.25, -0.2) is 13.2 Å². The first-order chi connectivity index (χ1) is 19.1. The van der Waals surface area contributed by atoms with Gasteiger partial charge in [-0.3, -0.25) is 10.1 Å². The van der Waals surface area contributed by atoms with Crippen LogP contribution in [0.1, 0.15) is 59.3 Å². The van der Waals surface area contributed by atoms with E-state index in [-0.39, 0.29) is 22.9 Å². The number of ether oxygens (including phenoxy) is 2. The van der Waals surface area contributed by atoms with Gasteiger partial charge in [-0.15, -0.1) is 11.8 Å². The summed E-state index contributed by atoms with van der Waals surface area (Å²) in [6, 6.07) is 9.57. The molecular formula is C29H38N2O7S2. The monoisotopic (exact) mass is 590 g/mol. The molecule has 0 amide bonds. The van der Waals surface area contributed by atoms with Crippen molar-refractivity contribution in [1.82, 2.24) is 0 Å². The highest BCUT2D eigenvalue weighted by atomic mass is 32.2. The number of unbranched alkanes of at least 4 members (excludes halogenated alkanes) is 2. The van der Waals surface area contributed by atoms with Gasteiger partial charge in [0.15, 0.2) is 9.84 Å². The number of thioether (sulfide) groups is 1. The van der Waals surface area contributed by atoms with Crippen molar-refractivity contribution in [2.45, 2.75) is 69.1 Å². The molecule has 9 nitrogen and oxygen atoms in total. The van der Waals surface area contributed by atoms with E-state index in [0.717, 1.165) is 44.6 Å². The van der Waals surface area contributed by atoms with Crippen LogP contribution in [0.25, 0.3) is 0 Å². The Morgan fingerprint density at radius 3 is 2.33 bits per heavy atom. The molecule has 11 heteroatoms. The Kier molecular flexibility index (Phi) is 11.0. The topological polar surface area (TPSA) is 116 Å². The molecule has 0 aliphatic carbocycles. The zero-order chi connectivity index (χ0) is 29.3. The van der Waals surface area contributed by atoms with Crippen molar-refractivity contribution >= 4 is 44.6 Å². The standard InChI is InChI=1S/C29H38N2O7S2/c1-5-8-15-29(16-9-6-2)20-30(22-10-12-23(13-11-22)31(33)34)24-18-26(39-4)25(19-27(24)40(35,36)21-29)38-17-14-28(32)37-7-3/h10-14,17-19H,5-9,15-16,20-21H2,1-4H3/b17-14+. The minimum absolute atomic E-state index is 0.00674. The summed E-state index contributed by atoms with van der Waals surface area (Å²) in [5.41, 5.74) is 0.659. The van der Waals surface area contributed by atoms with Crippen LogP contribution in [0.15, 0.2) is 58.5 Å². The molecule has 1 aliphatic heterocycles. The number of nitro benzene ring substituents is 1. The highest BCUT2D eigenvalue weighted by molar-refractivity contribution is 7.98. The number of fused-ring (bicyclic) bond motifs is 1. The van der Waals surface area contributed by atoms with Crippen molar-refractivity contribution in [1.29, 1.82) is 0 Å². The van der Waals surface area contributed by atoms with Crippen LogP contribution in [-0.2, 0) is 19.4 Å². The fraction of sp³-hybridized carbons (Fsp3) is 0.483. The Labute approximate surface area is 241 Å². The molecule has 40 heavy (non-hydrogen) atoms. The maximum atomic E-state index is 14.1. The summed E-state index contributed by atoms with van der Waals surface area (Å²) < 4.78 is 38.9. The molecule has 2 aromatic carbocycles. The Morgan fingerprint density at radius 1 is 1.12 bits per heavy atom. The van der Waals surface area contributed by atoms with Crippen LogP contribution in [0.4, 0.5) is 17.1 Å². The lowest BCUT2D eigenvalue weighted by Crippen LogP contribution is -2.38. The van der Waals surface area contributed by atoms with Gasteiger partial charge < -0.3 is 14.4 Å². The molecule has 1 heterocycles. The van der Waals surface area contributed by atoms with Gasteiger partial charge >= 0.3 is 5.97 Å². The predicted molar refractivity (Wildman–Crippen MR) is 158 cm³/mol. The van der Waals surface area contributed by atoms with E-state index >= 15 is 0 Å². The minimum atomic E-state index is -3.76. The van der Waals surface area contributed by atoms with E-state index < -0.39 is 26.1 Å².